The summed E-state index contributed by atoms with van der Waals surface area (Å²) in [5.74, 6) is -1.29. The first-order valence-electron chi connectivity index (χ1n) is 5.88. The van der Waals surface area contributed by atoms with Gasteiger partial charge in [0.1, 0.15) is 11.4 Å². The molecule has 0 aliphatic carbocycles. The predicted molar refractivity (Wildman–Crippen MR) is 80.2 cm³/mol. The maximum atomic E-state index is 11.4. The van der Waals surface area contributed by atoms with E-state index in [-0.39, 0.29) is 27.6 Å². The second-order valence-electron chi connectivity index (χ2n) is 4.39. The van der Waals surface area contributed by atoms with Gasteiger partial charge in [0.15, 0.2) is 0 Å². The third kappa shape index (κ3) is 2.20. The van der Waals surface area contributed by atoms with Gasteiger partial charge in [-0.2, -0.15) is 5.10 Å². The Kier molecular flexibility index (Phi) is 3.23. The van der Waals surface area contributed by atoms with Crippen LogP contribution < -0.4 is 0 Å². The molecule has 0 saturated carbocycles. The number of aromatic carboxylic acids is 1. The van der Waals surface area contributed by atoms with E-state index in [4.69, 9.17) is 23.2 Å². The fraction of sp³-hybridized carbons (Fsp3) is 0. The minimum absolute atomic E-state index is 0.0708. The molecule has 0 bridgehead atoms. The number of halogens is 2. The molecule has 0 saturated heterocycles. The van der Waals surface area contributed by atoms with Crippen molar-refractivity contribution < 1.29 is 15.0 Å². The number of nitrogens with one attached hydrogen (secondary N) is 1. The molecule has 0 radical (unpaired) electrons. The molecule has 0 fully saturated rings. The number of phenols is 1. The van der Waals surface area contributed by atoms with E-state index >= 15 is 0 Å². The Balaban J connectivity index is 2.39. The SMILES string of the molecule is O=C(O)c1cccc2[nH]nc(-c3cc(Cl)cc(Cl)c3O)c12. The zero-order valence-electron chi connectivity index (χ0n) is 10.4. The number of nitrogens with zero attached hydrogens (tertiary/aromatic N) is 1. The van der Waals surface area contributed by atoms with E-state index in [0.717, 1.165) is 0 Å². The number of carboxylic acids is 1. The number of hydrogen-bond acceptors (Lipinski definition) is 3. The summed E-state index contributed by atoms with van der Waals surface area (Å²) in [5, 5.41) is 27.0. The van der Waals surface area contributed by atoms with Gasteiger partial charge >= 0.3 is 5.97 Å². The van der Waals surface area contributed by atoms with Crippen molar-refractivity contribution in [3.63, 3.8) is 0 Å². The van der Waals surface area contributed by atoms with Crippen LogP contribution >= 0.6 is 23.2 Å². The van der Waals surface area contributed by atoms with Crippen molar-refractivity contribution in [2.45, 2.75) is 0 Å². The van der Waals surface area contributed by atoms with Crippen molar-refractivity contribution in [2.75, 3.05) is 0 Å². The molecular weight excluding hydrogens is 315 g/mol. The molecule has 0 aliphatic heterocycles. The van der Waals surface area contributed by atoms with E-state index in [0.29, 0.717) is 15.9 Å². The number of carboxylic acid groups (broad SMARTS) is 1. The number of H-pyrrole nitrogens is 1. The first-order valence-corrected chi connectivity index (χ1v) is 6.63. The first kappa shape index (κ1) is 13.7. The monoisotopic (exact) mass is 322 g/mol. The number of carbonyl (C=O) groups is 1. The Morgan fingerprint density at radius 3 is 2.71 bits per heavy atom. The lowest BCUT2D eigenvalue weighted by Crippen LogP contribution is -1.97. The van der Waals surface area contributed by atoms with Crippen LogP contribution in [0, 0.1) is 0 Å². The van der Waals surface area contributed by atoms with Gasteiger partial charge in [0.25, 0.3) is 0 Å². The van der Waals surface area contributed by atoms with Gasteiger partial charge in [-0.15, -0.1) is 0 Å². The highest BCUT2D eigenvalue weighted by atomic mass is 35.5. The topological polar surface area (TPSA) is 86.2 Å². The molecule has 5 nitrogen and oxygen atoms in total. The lowest BCUT2D eigenvalue weighted by Gasteiger charge is -2.06. The lowest BCUT2D eigenvalue weighted by atomic mass is 10.0. The van der Waals surface area contributed by atoms with Crippen molar-refractivity contribution >= 4 is 40.1 Å². The third-order valence-corrected chi connectivity index (χ3v) is 3.61. The molecule has 1 heterocycles. The van der Waals surface area contributed by atoms with Crippen LogP contribution in [0.15, 0.2) is 30.3 Å². The summed E-state index contributed by atoms with van der Waals surface area (Å²) in [7, 11) is 0. The molecular formula is C14H8Cl2N2O3. The van der Waals surface area contributed by atoms with Crippen LogP contribution in [-0.4, -0.2) is 26.4 Å². The van der Waals surface area contributed by atoms with Gasteiger partial charge in [0, 0.05) is 16.0 Å². The highest BCUT2D eigenvalue weighted by molar-refractivity contribution is 6.36. The maximum absolute atomic E-state index is 11.4. The largest absolute Gasteiger partial charge is 0.506 e. The Morgan fingerprint density at radius 2 is 2.00 bits per heavy atom. The highest BCUT2D eigenvalue weighted by Crippen LogP contribution is 2.40. The molecule has 0 unspecified atom stereocenters. The van der Waals surface area contributed by atoms with Crippen LogP contribution in [0.5, 0.6) is 5.75 Å². The molecule has 0 spiro atoms. The summed E-state index contributed by atoms with van der Waals surface area (Å²) in [6.45, 7) is 0. The Bertz CT molecular complexity index is 874. The smallest absolute Gasteiger partial charge is 0.336 e. The normalized spacial score (nSPS) is 11.0. The second kappa shape index (κ2) is 4.95. The first-order chi connectivity index (χ1) is 9.99. The highest BCUT2D eigenvalue weighted by Gasteiger charge is 2.20. The predicted octanol–water partition coefficient (Wildman–Crippen LogP) is 3.94. The third-order valence-electron chi connectivity index (χ3n) is 3.10. The average molecular weight is 323 g/mol. The summed E-state index contributed by atoms with van der Waals surface area (Å²) in [6, 6.07) is 7.65. The van der Waals surface area contributed by atoms with E-state index in [9.17, 15) is 15.0 Å². The minimum atomic E-state index is -1.09. The summed E-state index contributed by atoms with van der Waals surface area (Å²) in [5.41, 5.74) is 1.17. The number of benzene rings is 2. The minimum Gasteiger partial charge on any atom is -0.506 e. The fourth-order valence-corrected chi connectivity index (χ4v) is 2.69. The van der Waals surface area contributed by atoms with E-state index in [1.165, 1.54) is 18.2 Å². The maximum Gasteiger partial charge on any atom is 0.336 e. The molecule has 3 rings (SSSR count). The van der Waals surface area contributed by atoms with E-state index in [2.05, 4.69) is 10.2 Å². The average Bonchev–Trinajstić information content (AvgIpc) is 2.86. The molecule has 1 aromatic heterocycles. The van der Waals surface area contributed by atoms with Gasteiger partial charge in [-0.1, -0.05) is 29.3 Å². The van der Waals surface area contributed by atoms with E-state index in [1.54, 1.807) is 12.1 Å². The number of fused-ring (bicyclic) bond motifs is 1. The fourth-order valence-electron chi connectivity index (χ4n) is 2.19. The Morgan fingerprint density at radius 1 is 1.24 bits per heavy atom. The summed E-state index contributed by atoms with van der Waals surface area (Å²) in [4.78, 5) is 11.4. The standard InChI is InChI=1S/C14H8Cl2N2O3/c15-6-4-8(13(19)9(16)5-6)12-11-7(14(20)21)2-1-3-10(11)17-18-12/h1-5,19H,(H,17,18)(H,20,21). The molecule has 0 aliphatic rings. The molecule has 7 heteroatoms. The second-order valence-corrected chi connectivity index (χ2v) is 5.23. The summed E-state index contributed by atoms with van der Waals surface area (Å²) < 4.78 is 0. The summed E-state index contributed by atoms with van der Waals surface area (Å²) in [6.07, 6.45) is 0. The van der Waals surface area contributed by atoms with Crippen molar-refractivity contribution in [3.05, 3.63) is 45.9 Å². The molecule has 0 amide bonds. The number of aromatic nitrogens is 2. The van der Waals surface area contributed by atoms with Crippen LogP contribution in [0.1, 0.15) is 10.4 Å². The van der Waals surface area contributed by atoms with E-state index < -0.39 is 5.97 Å². The van der Waals surface area contributed by atoms with Crippen molar-refractivity contribution in [2.24, 2.45) is 0 Å². The zero-order chi connectivity index (χ0) is 15.1. The van der Waals surface area contributed by atoms with Crippen LogP contribution in [0.3, 0.4) is 0 Å². The van der Waals surface area contributed by atoms with Crippen molar-refractivity contribution in [1.29, 1.82) is 0 Å². The van der Waals surface area contributed by atoms with Crippen LogP contribution in [0.4, 0.5) is 0 Å². The van der Waals surface area contributed by atoms with Crippen molar-refractivity contribution in [3.8, 4) is 17.0 Å². The van der Waals surface area contributed by atoms with Gasteiger partial charge in [-0.25, -0.2) is 4.79 Å². The number of aromatic amines is 1. The van der Waals surface area contributed by atoms with Crippen molar-refractivity contribution in [1.82, 2.24) is 10.2 Å². The van der Waals surface area contributed by atoms with Crippen LogP contribution in [0.25, 0.3) is 22.2 Å². The molecule has 21 heavy (non-hydrogen) atoms. The quantitative estimate of drug-likeness (QED) is 0.667. The molecule has 2 aromatic carbocycles. The molecule has 0 atom stereocenters. The zero-order valence-corrected chi connectivity index (χ0v) is 11.9. The molecule has 106 valence electrons. The number of aromatic hydroxyl groups is 1. The van der Waals surface area contributed by atoms with Crippen LogP contribution in [-0.2, 0) is 0 Å². The van der Waals surface area contributed by atoms with Crippen LogP contribution in [0.2, 0.25) is 10.0 Å². The Labute approximate surface area is 128 Å². The number of rotatable bonds is 2. The van der Waals surface area contributed by atoms with Gasteiger partial charge in [-0.05, 0) is 24.3 Å². The molecule has 3 N–H and O–H groups in total. The number of phenolic OH excluding ortho intramolecular Hbond substituents is 1. The number of hydrogen-bond donors (Lipinski definition) is 3. The van der Waals surface area contributed by atoms with Gasteiger partial charge in [-0.3, -0.25) is 5.10 Å². The van der Waals surface area contributed by atoms with Gasteiger partial charge in [0.05, 0.1) is 16.1 Å². The summed E-state index contributed by atoms with van der Waals surface area (Å²) >= 11 is 11.8. The Hall–Kier alpha value is -2.24. The molecule has 3 aromatic rings. The lowest BCUT2D eigenvalue weighted by molar-refractivity contribution is 0.0699. The van der Waals surface area contributed by atoms with Gasteiger partial charge < -0.3 is 10.2 Å². The van der Waals surface area contributed by atoms with E-state index in [1.807, 2.05) is 0 Å². The van der Waals surface area contributed by atoms with Gasteiger partial charge in [0.2, 0.25) is 0 Å².